The Balaban J connectivity index is 1.73. The van der Waals surface area contributed by atoms with Gasteiger partial charge in [0.05, 0.1) is 26.2 Å². The molecule has 0 radical (unpaired) electrons. The molecule has 0 aliphatic carbocycles. The third-order valence-corrected chi connectivity index (χ3v) is 6.80. The van der Waals surface area contributed by atoms with Crippen molar-refractivity contribution >= 4 is 76.9 Å². The summed E-state index contributed by atoms with van der Waals surface area (Å²) in [4.78, 5) is 40.3. The van der Waals surface area contributed by atoms with Crippen molar-refractivity contribution in [1.82, 2.24) is 4.98 Å². The highest BCUT2D eigenvalue weighted by molar-refractivity contribution is 9.10. The van der Waals surface area contributed by atoms with Gasteiger partial charge >= 0.3 is 5.00 Å². The minimum absolute atomic E-state index is 0.0195. The second-order valence-electron chi connectivity index (χ2n) is 6.54. The van der Waals surface area contributed by atoms with Gasteiger partial charge in [0, 0.05) is 21.7 Å². The van der Waals surface area contributed by atoms with Gasteiger partial charge in [-0.05, 0) is 43.3 Å². The Morgan fingerprint density at radius 2 is 1.81 bits per heavy atom. The maximum Gasteiger partial charge on any atom is 0.324 e. The van der Waals surface area contributed by atoms with Crippen LogP contribution in [0.2, 0.25) is 0 Å². The molecule has 4 rings (SSSR count). The number of hydrogen-bond acceptors (Lipinski definition) is 8. The Labute approximate surface area is 198 Å². The summed E-state index contributed by atoms with van der Waals surface area (Å²) < 4.78 is 1.74. The molecule has 160 valence electrons. The number of thiazole rings is 1. The number of hydrogen-bond donors (Lipinski definition) is 0. The molecule has 2 heterocycles. The number of benzene rings is 2. The van der Waals surface area contributed by atoms with Crippen LogP contribution in [0.25, 0.3) is 10.2 Å². The van der Waals surface area contributed by atoms with Crippen LogP contribution >= 0.6 is 38.6 Å². The summed E-state index contributed by atoms with van der Waals surface area (Å²) in [5, 5.41) is 16.7. The number of Topliss-reactive ketones (excluding diaryl/α,β-unsaturated/α-hetero) is 1. The zero-order valence-electron chi connectivity index (χ0n) is 16.4. The molecule has 0 unspecified atom stereocenters. The van der Waals surface area contributed by atoms with Crippen LogP contribution in [-0.2, 0) is 0 Å². The van der Waals surface area contributed by atoms with E-state index in [-0.39, 0.29) is 10.8 Å². The second-order valence-corrected chi connectivity index (χ2v) is 9.56. The first-order valence-corrected chi connectivity index (χ1v) is 11.5. The maximum atomic E-state index is 13.3. The van der Waals surface area contributed by atoms with Crippen molar-refractivity contribution in [2.45, 2.75) is 6.92 Å². The van der Waals surface area contributed by atoms with Gasteiger partial charge in [0.15, 0.2) is 5.78 Å². The van der Waals surface area contributed by atoms with Crippen molar-refractivity contribution in [3.63, 3.8) is 0 Å². The van der Waals surface area contributed by atoms with E-state index in [2.05, 4.69) is 26.0 Å². The van der Waals surface area contributed by atoms with E-state index in [0.29, 0.717) is 26.7 Å². The van der Waals surface area contributed by atoms with Crippen LogP contribution in [0.1, 0.15) is 32.5 Å². The Morgan fingerprint density at radius 1 is 1.09 bits per heavy atom. The number of rotatable bonds is 6. The number of nitrogens with zero attached hydrogens (tertiary/aromatic N) is 4. The first-order valence-electron chi connectivity index (χ1n) is 9.11. The molecule has 2 aromatic carbocycles. The van der Waals surface area contributed by atoms with Crippen molar-refractivity contribution < 1.29 is 14.5 Å². The van der Waals surface area contributed by atoms with Gasteiger partial charge < -0.3 is 0 Å². The smallest absolute Gasteiger partial charge is 0.295 e. The van der Waals surface area contributed by atoms with Crippen molar-refractivity contribution in [2.75, 3.05) is 5.01 Å². The average molecular weight is 529 g/mol. The number of anilines is 1. The van der Waals surface area contributed by atoms with Gasteiger partial charge in [0.1, 0.15) is 0 Å². The summed E-state index contributed by atoms with van der Waals surface area (Å²) >= 11 is 5.66. The number of nitro groups is 1. The SMILES string of the molecule is CC(=O)c1ccc(C(=O)N(/N=C/c2ccc([N+](=O)[O-])s2)c2nc3ccc(Br)cc3s2)cc1. The zero-order valence-corrected chi connectivity index (χ0v) is 19.6. The van der Waals surface area contributed by atoms with Crippen LogP contribution in [0.4, 0.5) is 10.1 Å². The number of amides is 1. The number of thiophene rings is 1. The first kappa shape index (κ1) is 21.9. The maximum absolute atomic E-state index is 13.3. The number of aromatic nitrogens is 1. The third kappa shape index (κ3) is 4.64. The number of carbonyl (C=O) groups is 2. The average Bonchev–Trinajstić information content (AvgIpc) is 3.40. The van der Waals surface area contributed by atoms with Gasteiger partial charge in [-0.1, -0.05) is 50.7 Å². The summed E-state index contributed by atoms with van der Waals surface area (Å²) in [7, 11) is 0. The summed E-state index contributed by atoms with van der Waals surface area (Å²) in [5.74, 6) is -0.546. The highest BCUT2D eigenvalue weighted by Crippen LogP contribution is 2.32. The topological polar surface area (TPSA) is 106 Å². The number of fused-ring (bicyclic) bond motifs is 1. The molecular weight excluding hydrogens is 516 g/mol. The van der Waals surface area contributed by atoms with Crippen molar-refractivity contribution in [3.05, 3.63) is 85.2 Å². The normalized spacial score (nSPS) is 11.2. The van der Waals surface area contributed by atoms with Crippen molar-refractivity contribution in [1.29, 1.82) is 0 Å². The van der Waals surface area contributed by atoms with E-state index in [1.54, 1.807) is 30.3 Å². The third-order valence-electron chi connectivity index (χ3n) is 4.34. The molecule has 32 heavy (non-hydrogen) atoms. The molecule has 8 nitrogen and oxygen atoms in total. The molecule has 0 atom stereocenters. The standard InChI is InChI=1S/C21H13BrN4O4S2/c1-12(27)13-2-4-14(5-3-13)20(28)25(23-11-16-7-9-19(31-16)26(29)30)21-24-17-8-6-15(22)10-18(17)32-21/h2-11H,1H3/b23-11+. The van der Waals surface area contributed by atoms with Gasteiger partial charge in [-0.3, -0.25) is 19.7 Å². The number of carbonyl (C=O) groups excluding carboxylic acids is 2. The molecule has 0 spiro atoms. The molecule has 1 amide bonds. The van der Waals surface area contributed by atoms with Crippen LogP contribution in [0, 0.1) is 10.1 Å². The summed E-state index contributed by atoms with van der Waals surface area (Å²) in [6, 6.07) is 14.8. The van der Waals surface area contributed by atoms with E-state index in [9.17, 15) is 19.7 Å². The molecule has 0 N–H and O–H groups in total. The molecule has 4 aromatic rings. The fraction of sp³-hybridized carbons (Fsp3) is 0.0476. The van der Waals surface area contributed by atoms with Gasteiger partial charge in [0.2, 0.25) is 5.13 Å². The fourth-order valence-electron chi connectivity index (χ4n) is 2.76. The van der Waals surface area contributed by atoms with Crippen LogP contribution in [0.5, 0.6) is 0 Å². The number of hydrazone groups is 1. The van der Waals surface area contributed by atoms with E-state index in [1.165, 1.54) is 30.5 Å². The highest BCUT2D eigenvalue weighted by atomic mass is 79.9. The monoisotopic (exact) mass is 528 g/mol. The molecule has 0 fully saturated rings. The first-order chi connectivity index (χ1) is 15.3. The lowest BCUT2D eigenvalue weighted by atomic mass is 10.1. The quantitative estimate of drug-likeness (QED) is 0.134. The summed E-state index contributed by atoms with van der Waals surface area (Å²) in [6.07, 6.45) is 1.39. The second kappa shape index (κ2) is 9.07. The van der Waals surface area contributed by atoms with Gasteiger partial charge in [-0.25, -0.2) is 4.98 Å². The predicted molar refractivity (Wildman–Crippen MR) is 129 cm³/mol. The van der Waals surface area contributed by atoms with Crippen LogP contribution in [0.15, 0.2) is 64.2 Å². The van der Waals surface area contributed by atoms with Crippen LogP contribution < -0.4 is 5.01 Å². The predicted octanol–water partition coefficient (Wildman–Crippen LogP) is 5.91. The number of ketones is 1. The lowest BCUT2D eigenvalue weighted by Gasteiger charge is -2.13. The van der Waals surface area contributed by atoms with Crippen molar-refractivity contribution in [3.8, 4) is 0 Å². The van der Waals surface area contributed by atoms with E-state index in [4.69, 9.17) is 0 Å². The van der Waals surface area contributed by atoms with Crippen LogP contribution in [-0.4, -0.2) is 27.8 Å². The van der Waals surface area contributed by atoms with Gasteiger partial charge in [-0.2, -0.15) is 10.1 Å². The van der Waals surface area contributed by atoms with Crippen molar-refractivity contribution in [2.24, 2.45) is 5.10 Å². The Hall–Kier alpha value is -3.28. The lowest BCUT2D eigenvalue weighted by Crippen LogP contribution is -2.25. The minimum Gasteiger partial charge on any atom is -0.295 e. The van der Waals surface area contributed by atoms with E-state index in [0.717, 1.165) is 25.5 Å². The molecular formula is C21H13BrN4O4S2. The summed E-state index contributed by atoms with van der Waals surface area (Å²) in [6.45, 7) is 1.45. The molecule has 0 saturated carbocycles. The molecule has 0 saturated heterocycles. The molecule has 2 aromatic heterocycles. The Kier molecular flexibility index (Phi) is 6.21. The molecule has 0 bridgehead atoms. The highest BCUT2D eigenvalue weighted by Gasteiger charge is 2.21. The molecule has 0 aliphatic rings. The summed E-state index contributed by atoms with van der Waals surface area (Å²) in [5.41, 5.74) is 1.52. The van der Waals surface area contributed by atoms with E-state index < -0.39 is 10.8 Å². The molecule has 0 aliphatic heterocycles. The van der Waals surface area contributed by atoms with E-state index in [1.807, 2.05) is 18.2 Å². The number of halogens is 1. The Morgan fingerprint density at radius 3 is 2.47 bits per heavy atom. The van der Waals surface area contributed by atoms with Gasteiger partial charge in [0.25, 0.3) is 5.91 Å². The minimum atomic E-state index is -0.479. The van der Waals surface area contributed by atoms with Crippen LogP contribution in [0.3, 0.4) is 0 Å². The zero-order chi connectivity index (χ0) is 22.8. The molecule has 11 heteroatoms. The largest absolute Gasteiger partial charge is 0.324 e. The van der Waals surface area contributed by atoms with Gasteiger partial charge in [-0.15, -0.1) is 0 Å². The lowest BCUT2D eigenvalue weighted by molar-refractivity contribution is -0.380. The Bertz CT molecular complexity index is 1380. The fourth-order valence-corrected chi connectivity index (χ4v) is 4.92. The van der Waals surface area contributed by atoms with E-state index >= 15 is 0 Å².